The average molecular weight is 267 g/mol. The summed E-state index contributed by atoms with van der Waals surface area (Å²) in [6.45, 7) is 1.86. The van der Waals surface area contributed by atoms with Crippen LogP contribution in [0.2, 0.25) is 0 Å². The zero-order valence-corrected chi connectivity index (χ0v) is 11.8. The van der Waals surface area contributed by atoms with Gasteiger partial charge in [-0.2, -0.15) is 0 Å². The number of benzene rings is 1. The molecule has 0 amide bonds. The molecule has 0 radical (unpaired) electrons. The van der Waals surface area contributed by atoms with Crippen molar-refractivity contribution in [2.24, 2.45) is 0 Å². The summed E-state index contributed by atoms with van der Waals surface area (Å²) in [4.78, 5) is 4.44. The van der Waals surface area contributed by atoms with Crippen LogP contribution in [0.4, 0.5) is 15.8 Å². The molecule has 4 nitrogen and oxygen atoms in total. The molecule has 1 aromatic carbocycles. The van der Waals surface area contributed by atoms with E-state index in [0.717, 1.165) is 25.2 Å². The quantitative estimate of drug-likeness (QED) is 0.850. The van der Waals surface area contributed by atoms with Gasteiger partial charge in [-0.3, -0.25) is 0 Å². The van der Waals surface area contributed by atoms with Gasteiger partial charge < -0.3 is 20.3 Å². The maximum atomic E-state index is 13.6. The van der Waals surface area contributed by atoms with Crippen LogP contribution in [0.5, 0.6) is 5.75 Å². The number of methoxy groups -OCH3 is 1. The van der Waals surface area contributed by atoms with E-state index in [0.29, 0.717) is 11.7 Å². The van der Waals surface area contributed by atoms with Crippen molar-refractivity contribution in [3.05, 3.63) is 17.9 Å². The fraction of sp³-hybridized carbons (Fsp3) is 0.571. The van der Waals surface area contributed by atoms with E-state index in [2.05, 4.69) is 23.9 Å². The van der Waals surface area contributed by atoms with Gasteiger partial charge in [0.1, 0.15) is 0 Å². The molecule has 1 fully saturated rings. The van der Waals surface area contributed by atoms with Crippen LogP contribution in [0.1, 0.15) is 12.8 Å². The normalized spacial score (nSPS) is 19.8. The fourth-order valence-electron chi connectivity index (χ4n) is 2.58. The summed E-state index contributed by atoms with van der Waals surface area (Å²) < 4.78 is 18.6. The summed E-state index contributed by atoms with van der Waals surface area (Å²) in [6.07, 6.45) is 2.30. The molecule has 0 aliphatic carbocycles. The maximum absolute atomic E-state index is 13.6. The van der Waals surface area contributed by atoms with Gasteiger partial charge in [0.2, 0.25) is 0 Å². The lowest BCUT2D eigenvalue weighted by molar-refractivity contribution is 0.258. The summed E-state index contributed by atoms with van der Waals surface area (Å²) >= 11 is 0. The van der Waals surface area contributed by atoms with Crippen LogP contribution in [0.25, 0.3) is 0 Å². The van der Waals surface area contributed by atoms with Gasteiger partial charge in [-0.25, -0.2) is 4.39 Å². The number of rotatable bonds is 3. The van der Waals surface area contributed by atoms with Crippen LogP contribution in [-0.2, 0) is 0 Å². The Morgan fingerprint density at radius 2 is 2.16 bits per heavy atom. The van der Waals surface area contributed by atoms with Gasteiger partial charge in [0, 0.05) is 31.3 Å². The summed E-state index contributed by atoms with van der Waals surface area (Å²) in [6, 6.07) is 3.54. The molecule has 1 aliphatic rings. The lowest BCUT2D eigenvalue weighted by Crippen LogP contribution is -2.45. The van der Waals surface area contributed by atoms with E-state index in [1.165, 1.54) is 19.6 Å². The average Bonchev–Trinajstić information content (AvgIpc) is 2.39. The number of likely N-dealkylation sites (N-methyl/N-ethyl adjacent to an activating group) is 1. The Morgan fingerprint density at radius 3 is 2.79 bits per heavy atom. The number of nitrogens with zero attached hydrogens (tertiary/aromatic N) is 2. The number of nitrogens with two attached hydrogens (primary N) is 1. The van der Waals surface area contributed by atoms with Crippen molar-refractivity contribution in [3.8, 4) is 5.75 Å². The Morgan fingerprint density at radius 1 is 1.42 bits per heavy atom. The number of hydrogen-bond acceptors (Lipinski definition) is 4. The van der Waals surface area contributed by atoms with Crippen molar-refractivity contribution in [3.63, 3.8) is 0 Å². The van der Waals surface area contributed by atoms with Gasteiger partial charge in [0.05, 0.1) is 18.5 Å². The highest BCUT2D eigenvalue weighted by Crippen LogP contribution is 2.32. The minimum atomic E-state index is -0.412. The molecular formula is C14H22FN3O. The number of piperidine rings is 1. The number of halogens is 1. The molecule has 1 heterocycles. The lowest BCUT2D eigenvalue weighted by Gasteiger charge is -2.38. The van der Waals surface area contributed by atoms with Crippen LogP contribution < -0.4 is 15.4 Å². The molecule has 0 saturated carbocycles. The topological polar surface area (TPSA) is 41.7 Å². The van der Waals surface area contributed by atoms with E-state index in [1.807, 2.05) is 0 Å². The maximum Gasteiger partial charge on any atom is 0.167 e. The van der Waals surface area contributed by atoms with Crippen molar-refractivity contribution in [1.82, 2.24) is 4.90 Å². The number of hydrogen-bond donors (Lipinski definition) is 1. The Balaban J connectivity index is 2.25. The first kappa shape index (κ1) is 13.9. The third-order valence-electron chi connectivity index (χ3n) is 3.77. The molecule has 1 saturated heterocycles. The van der Waals surface area contributed by atoms with Crippen LogP contribution in [0.15, 0.2) is 12.1 Å². The second-order valence-corrected chi connectivity index (χ2v) is 5.25. The minimum absolute atomic E-state index is 0.246. The zero-order valence-electron chi connectivity index (χ0n) is 11.8. The fourth-order valence-corrected chi connectivity index (χ4v) is 2.58. The highest BCUT2D eigenvalue weighted by molar-refractivity contribution is 5.70. The molecule has 19 heavy (non-hydrogen) atoms. The Bertz CT molecular complexity index is 451. The molecule has 0 bridgehead atoms. The van der Waals surface area contributed by atoms with Crippen molar-refractivity contribution >= 4 is 11.4 Å². The largest absolute Gasteiger partial charge is 0.494 e. The van der Waals surface area contributed by atoms with E-state index < -0.39 is 5.82 Å². The van der Waals surface area contributed by atoms with E-state index in [9.17, 15) is 4.39 Å². The molecule has 1 unspecified atom stereocenters. The smallest absolute Gasteiger partial charge is 0.167 e. The predicted molar refractivity (Wildman–Crippen MR) is 76.3 cm³/mol. The molecule has 0 aromatic heterocycles. The molecule has 106 valence electrons. The third kappa shape index (κ3) is 2.92. The van der Waals surface area contributed by atoms with E-state index in [4.69, 9.17) is 10.5 Å². The standard InChI is InChI=1S/C14H22FN3O/c1-17(2)10-5-4-6-18(9-10)13-8-14(19-3)11(15)7-12(13)16/h7-8,10H,4-6,9,16H2,1-3H3. The van der Waals surface area contributed by atoms with Crippen LogP contribution in [-0.4, -0.2) is 45.2 Å². The van der Waals surface area contributed by atoms with Crippen molar-refractivity contribution in [2.45, 2.75) is 18.9 Å². The van der Waals surface area contributed by atoms with Gasteiger partial charge in [-0.15, -0.1) is 0 Å². The van der Waals surface area contributed by atoms with E-state index in [1.54, 1.807) is 6.07 Å². The highest BCUT2D eigenvalue weighted by atomic mass is 19.1. The zero-order chi connectivity index (χ0) is 14.0. The van der Waals surface area contributed by atoms with Crippen molar-refractivity contribution in [1.29, 1.82) is 0 Å². The second kappa shape index (κ2) is 5.65. The molecule has 5 heteroatoms. The molecule has 1 atom stereocenters. The molecule has 1 aliphatic heterocycles. The van der Waals surface area contributed by atoms with E-state index >= 15 is 0 Å². The summed E-state index contributed by atoms with van der Waals surface area (Å²) in [5, 5.41) is 0. The Kier molecular flexibility index (Phi) is 4.14. The lowest BCUT2D eigenvalue weighted by atomic mass is 10.0. The Hall–Kier alpha value is -1.49. The van der Waals surface area contributed by atoms with E-state index in [-0.39, 0.29) is 5.75 Å². The summed E-state index contributed by atoms with van der Waals surface area (Å²) in [5.41, 5.74) is 7.28. The highest BCUT2D eigenvalue weighted by Gasteiger charge is 2.23. The minimum Gasteiger partial charge on any atom is -0.494 e. The third-order valence-corrected chi connectivity index (χ3v) is 3.77. The summed E-state index contributed by atoms with van der Waals surface area (Å²) in [5.74, 6) is -0.166. The molecule has 2 rings (SSSR count). The van der Waals surface area contributed by atoms with Gasteiger partial charge in [-0.05, 0) is 26.9 Å². The van der Waals surface area contributed by atoms with Gasteiger partial charge in [0.25, 0.3) is 0 Å². The Labute approximate surface area is 113 Å². The number of ether oxygens (including phenoxy) is 1. The number of anilines is 2. The van der Waals surface area contributed by atoms with Crippen LogP contribution in [0.3, 0.4) is 0 Å². The molecular weight excluding hydrogens is 245 g/mol. The SMILES string of the molecule is COc1cc(N2CCCC(N(C)C)C2)c(N)cc1F. The first-order valence-electron chi connectivity index (χ1n) is 6.57. The van der Waals surface area contributed by atoms with Crippen LogP contribution in [0, 0.1) is 5.82 Å². The molecule has 1 aromatic rings. The molecule has 2 N–H and O–H groups in total. The van der Waals surface area contributed by atoms with Gasteiger partial charge in [0.15, 0.2) is 11.6 Å². The first-order chi connectivity index (χ1) is 9.02. The monoisotopic (exact) mass is 267 g/mol. The molecule has 0 spiro atoms. The van der Waals surface area contributed by atoms with Gasteiger partial charge >= 0.3 is 0 Å². The van der Waals surface area contributed by atoms with Crippen molar-refractivity contribution < 1.29 is 9.13 Å². The second-order valence-electron chi connectivity index (χ2n) is 5.25. The summed E-state index contributed by atoms with van der Waals surface area (Å²) in [7, 11) is 5.64. The number of nitrogen functional groups attached to an aromatic ring is 1. The van der Waals surface area contributed by atoms with Crippen LogP contribution >= 0.6 is 0 Å². The first-order valence-corrected chi connectivity index (χ1v) is 6.57. The predicted octanol–water partition coefficient (Wildman–Crippen LogP) is 1.95. The van der Waals surface area contributed by atoms with Crippen molar-refractivity contribution in [2.75, 3.05) is 44.9 Å². The van der Waals surface area contributed by atoms with Gasteiger partial charge in [-0.1, -0.05) is 0 Å².